The van der Waals surface area contributed by atoms with Crippen molar-refractivity contribution in [1.29, 1.82) is 0 Å². The zero-order valence-corrected chi connectivity index (χ0v) is 31.2. The summed E-state index contributed by atoms with van der Waals surface area (Å²) in [5.41, 5.74) is 6.10. The van der Waals surface area contributed by atoms with Gasteiger partial charge in [0.2, 0.25) is 11.5 Å². The van der Waals surface area contributed by atoms with Crippen LogP contribution in [0.5, 0.6) is 34.5 Å². The van der Waals surface area contributed by atoms with Crippen molar-refractivity contribution in [2.24, 2.45) is 0 Å². The second-order valence-corrected chi connectivity index (χ2v) is 10.5. The highest BCUT2D eigenvalue weighted by atomic mass is 35.5. The summed E-state index contributed by atoms with van der Waals surface area (Å²) < 4.78 is 33.1. The quantitative estimate of drug-likeness (QED) is 0.153. The van der Waals surface area contributed by atoms with Gasteiger partial charge in [0, 0.05) is 69.0 Å². The highest BCUT2D eigenvalue weighted by Gasteiger charge is 2.20. The van der Waals surface area contributed by atoms with Crippen LogP contribution in [0.2, 0.25) is 0 Å². The van der Waals surface area contributed by atoms with Crippen LogP contribution in [-0.2, 0) is 13.1 Å². The Balaban J connectivity index is 0.00000288. The molecule has 0 amide bonds. The van der Waals surface area contributed by atoms with Crippen LogP contribution in [0.4, 0.5) is 0 Å². The molecule has 0 bridgehead atoms. The zero-order valence-electron chi connectivity index (χ0n) is 27.9. The first kappa shape index (κ1) is 42.6. The Kier molecular flexibility index (Phi) is 18.0. The summed E-state index contributed by atoms with van der Waals surface area (Å²) in [5, 5.41) is 0. The first-order valence-corrected chi connectivity index (χ1v) is 14.4. The third kappa shape index (κ3) is 9.84. The molecule has 0 spiro atoms. The minimum absolute atomic E-state index is 0. The number of nitrogens with zero attached hydrogens (tertiary/aromatic N) is 4. The van der Waals surface area contributed by atoms with Crippen LogP contribution in [0.3, 0.4) is 0 Å². The molecule has 0 aliphatic carbocycles. The summed E-state index contributed by atoms with van der Waals surface area (Å²) in [6.07, 6.45) is 5.66. The third-order valence-electron chi connectivity index (χ3n) is 7.86. The predicted octanol–water partition coefficient (Wildman–Crippen LogP) is 6.87. The number of aromatic nitrogens is 2. The normalized spacial score (nSPS) is 12.6. The zero-order chi connectivity index (χ0) is 31.1. The predicted molar refractivity (Wildman–Crippen MR) is 198 cm³/mol. The molecule has 4 aromatic rings. The fraction of sp³-hybridized carbons (Fsp3) is 0.353. The first-order chi connectivity index (χ1) is 21.5. The van der Waals surface area contributed by atoms with Gasteiger partial charge in [-0.3, -0.25) is 19.8 Å². The minimum Gasteiger partial charge on any atom is -0.493 e. The van der Waals surface area contributed by atoms with Crippen molar-refractivity contribution >= 4 is 49.6 Å². The van der Waals surface area contributed by atoms with Crippen molar-refractivity contribution in [1.82, 2.24) is 19.8 Å². The molecule has 48 heavy (non-hydrogen) atoms. The second-order valence-electron chi connectivity index (χ2n) is 10.5. The molecule has 10 nitrogen and oxygen atoms in total. The van der Waals surface area contributed by atoms with E-state index in [1.165, 1.54) is 5.56 Å². The van der Waals surface area contributed by atoms with E-state index in [0.29, 0.717) is 34.5 Å². The third-order valence-corrected chi connectivity index (χ3v) is 7.86. The molecule has 1 aliphatic rings. The molecule has 0 radical (unpaired) electrons. The van der Waals surface area contributed by atoms with E-state index in [2.05, 4.69) is 38.0 Å². The Labute approximate surface area is 307 Å². The van der Waals surface area contributed by atoms with Crippen molar-refractivity contribution in [2.75, 3.05) is 68.8 Å². The standard InChI is InChI=1S/C34H40N4O6.4ClH/c1-39-29-15-25(16-30(40-2)33(29)43-5)27-13-24(19-35-20-27)22-38-11-9-37(10-12-38)21-23-7-8-36-28(14-23)26-17-31(41-3)34(44-6)32(18-26)42-4;;;;/h7-8,13-20H,9-12,21-22H2,1-6H3;4*1H. The molecule has 1 saturated heterocycles. The van der Waals surface area contributed by atoms with Gasteiger partial charge >= 0.3 is 0 Å². The number of rotatable bonds is 12. The lowest BCUT2D eigenvalue weighted by Crippen LogP contribution is -2.45. The number of benzene rings is 2. The van der Waals surface area contributed by atoms with Gasteiger partial charge in [0.05, 0.1) is 48.4 Å². The Bertz CT molecular complexity index is 1420. The second kappa shape index (κ2) is 20.2. The SMILES string of the molecule is COc1cc(-c2cncc(CN3CCN(Cc4ccnc(-c5cc(OC)c(OC)c(OC)c5)c4)CC3)c2)cc(OC)c1OC.Cl.Cl.Cl.Cl. The fourth-order valence-corrected chi connectivity index (χ4v) is 5.56. The highest BCUT2D eigenvalue weighted by molar-refractivity contribution is 5.86. The Morgan fingerprint density at radius 3 is 1.44 bits per heavy atom. The van der Waals surface area contributed by atoms with Crippen LogP contribution < -0.4 is 28.4 Å². The van der Waals surface area contributed by atoms with Gasteiger partial charge in [-0.25, -0.2) is 0 Å². The minimum atomic E-state index is 0. The average molecular weight is 747 g/mol. The summed E-state index contributed by atoms with van der Waals surface area (Å²) in [6.45, 7) is 5.58. The number of halogens is 4. The van der Waals surface area contributed by atoms with Crippen LogP contribution in [0.25, 0.3) is 22.4 Å². The smallest absolute Gasteiger partial charge is 0.203 e. The van der Waals surface area contributed by atoms with Crippen LogP contribution in [-0.4, -0.2) is 88.6 Å². The molecule has 0 unspecified atom stereocenters. The van der Waals surface area contributed by atoms with Crippen LogP contribution >= 0.6 is 49.6 Å². The van der Waals surface area contributed by atoms with Crippen molar-refractivity contribution in [3.05, 3.63) is 72.2 Å². The van der Waals surface area contributed by atoms with E-state index in [9.17, 15) is 0 Å². The molecule has 2 aromatic heterocycles. The number of piperazine rings is 1. The molecule has 0 atom stereocenters. The van der Waals surface area contributed by atoms with Gasteiger partial charge in [0.15, 0.2) is 23.0 Å². The van der Waals surface area contributed by atoms with Gasteiger partial charge in [-0.15, -0.1) is 49.6 Å². The molecule has 14 heteroatoms. The lowest BCUT2D eigenvalue weighted by atomic mass is 10.0. The number of pyridine rings is 2. The van der Waals surface area contributed by atoms with Gasteiger partial charge in [-0.1, -0.05) is 0 Å². The van der Waals surface area contributed by atoms with E-state index in [0.717, 1.165) is 67.2 Å². The van der Waals surface area contributed by atoms with Crippen molar-refractivity contribution in [3.8, 4) is 56.9 Å². The Morgan fingerprint density at radius 2 is 0.979 bits per heavy atom. The van der Waals surface area contributed by atoms with Crippen molar-refractivity contribution < 1.29 is 28.4 Å². The van der Waals surface area contributed by atoms with E-state index in [1.54, 1.807) is 42.7 Å². The largest absolute Gasteiger partial charge is 0.493 e. The number of hydrogen-bond acceptors (Lipinski definition) is 10. The summed E-state index contributed by atoms with van der Waals surface area (Å²) in [5.74, 6) is 3.59. The maximum absolute atomic E-state index is 5.55. The highest BCUT2D eigenvalue weighted by Crippen LogP contribution is 2.42. The van der Waals surface area contributed by atoms with Gasteiger partial charge in [0.1, 0.15) is 0 Å². The fourth-order valence-electron chi connectivity index (χ4n) is 5.56. The van der Waals surface area contributed by atoms with Crippen molar-refractivity contribution in [3.63, 3.8) is 0 Å². The summed E-state index contributed by atoms with van der Waals surface area (Å²) in [6, 6.07) is 14.2. The molecule has 1 fully saturated rings. The van der Waals surface area contributed by atoms with E-state index in [4.69, 9.17) is 28.4 Å². The van der Waals surface area contributed by atoms with Crippen LogP contribution in [0.1, 0.15) is 11.1 Å². The molecule has 1 aliphatic heterocycles. The average Bonchev–Trinajstić information content (AvgIpc) is 3.07. The molecule has 5 rings (SSSR count). The Morgan fingerprint density at radius 1 is 0.521 bits per heavy atom. The van der Waals surface area contributed by atoms with Gasteiger partial charge in [-0.2, -0.15) is 0 Å². The maximum atomic E-state index is 5.55. The van der Waals surface area contributed by atoms with Gasteiger partial charge in [0.25, 0.3) is 0 Å². The topological polar surface area (TPSA) is 87.6 Å². The van der Waals surface area contributed by atoms with Crippen LogP contribution in [0, 0.1) is 0 Å². The number of methoxy groups -OCH3 is 6. The first-order valence-electron chi connectivity index (χ1n) is 14.4. The lowest BCUT2D eigenvalue weighted by Gasteiger charge is -2.34. The molecular formula is C34H44Cl4N4O6. The van der Waals surface area contributed by atoms with Gasteiger partial charge in [-0.05, 0) is 59.2 Å². The molecule has 0 N–H and O–H groups in total. The van der Waals surface area contributed by atoms with E-state index in [-0.39, 0.29) is 49.6 Å². The molecule has 264 valence electrons. The van der Waals surface area contributed by atoms with E-state index >= 15 is 0 Å². The summed E-state index contributed by atoms with van der Waals surface area (Å²) in [4.78, 5) is 14.1. The van der Waals surface area contributed by atoms with E-state index < -0.39 is 0 Å². The van der Waals surface area contributed by atoms with Crippen molar-refractivity contribution in [2.45, 2.75) is 13.1 Å². The summed E-state index contributed by atoms with van der Waals surface area (Å²) >= 11 is 0. The lowest BCUT2D eigenvalue weighted by molar-refractivity contribution is 0.122. The summed E-state index contributed by atoms with van der Waals surface area (Å²) in [7, 11) is 9.69. The number of hydrogen-bond donors (Lipinski definition) is 0. The van der Waals surface area contributed by atoms with E-state index in [1.807, 2.05) is 42.9 Å². The van der Waals surface area contributed by atoms with Gasteiger partial charge < -0.3 is 28.4 Å². The number of ether oxygens (including phenoxy) is 6. The maximum Gasteiger partial charge on any atom is 0.203 e. The monoisotopic (exact) mass is 744 g/mol. The Hall–Kier alpha value is -3.38. The molecule has 2 aromatic carbocycles. The molecular weight excluding hydrogens is 702 g/mol. The molecule has 0 saturated carbocycles. The molecule has 3 heterocycles. The van der Waals surface area contributed by atoms with Crippen LogP contribution in [0.15, 0.2) is 61.1 Å².